The van der Waals surface area contributed by atoms with E-state index < -0.39 is 6.61 Å². The lowest BCUT2D eigenvalue weighted by atomic mass is 10.0. The fourth-order valence-corrected chi connectivity index (χ4v) is 3.86. The Kier molecular flexibility index (Phi) is 6.14. The van der Waals surface area contributed by atoms with E-state index in [2.05, 4.69) is 44.0 Å². The van der Waals surface area contributed by atoms with Crippen LogP contribution in [0.5, 0.6) is 5.75 Å². The van der Waals surface area contributed by atoms with Crippen LogP contribution in [0, 0.1) is 0 Å². The Morgan fingerprint density at radius 3 is 2.72 bits per heavy atom. The zero-order chi connectivity index (χ0) is 20.1. The Hall–Kier alpha value is -2.80. The summed E-state index contributed by atoms with van der Waals surface area (Å²) in [5.41, 5.74) is 1.74. The lowest BCUT2D eigenvalue weighted by Gasteiger charge is -2.22. The molecule has 1 fully saturated rings. The third-order valence-electron chi connectivity index (χ3n) is 5.26. The standard InChI is InChI=1S/C22H23F2N3O2/c23-22(24)28-19-11-5-4-10-18(19)21-25-20(29-26-21)15-27-14-6-9-17(27)13-12-16-7-2-1-3-8-16/h1-5,7-8,10-11,17,22H,6,9,12-15H2. The molecule has 0 bridgehead atoms. The van der Waals surface area contributed by atoms with Gasteiger partial charge in [-0.3, -0.25) is 4.90 Å². The van der Waals surface area contributed by atoms with Crippen LogP contribution in [0.1, 0.15) is 30.7 Å². The number of alkyl halides is 2. The van der Waals surface area contributed by atoms with Crippen molar-refractivity contribution in [3.05, 3.63) is 66.1 Å². The normalized spacial score (nSPS) is 17.1. The van der Waals surface area contributed by atoms with Gasteiger partial charge < -0.3 is 9.26 Å². The van der Waals surface area contributed by atoms with Crippen LogP contribution in [-0.2, 0) is 13.0 Å². The van der Waals surface area contributed by atoms with Crippen LogP contribution in [0.2, 0.25) is 0 Å². The first-order valence-electron chi connectivity index (χ1n) is 9.84. The van der Waals surface area contributed by atoms with Gasteiger partial charge in [-0.05, 0) is 49.9 Å². The largest absolute Gasteiger partial charge is 0.434 e. The molecule has 0 spiro atoms. The fraction of sp³-hybridized carbons (Fsp3) is 0.364. The van der Waals surface area contributed by atoms with Crippen LogP contribution in [0.4, 0.5) is 8.78 Å². The van der Waals surface area contributed by atoms with Crippen LogP contribution < -0.4 is 4.74 Å². The highest BCUT2D eigenvalue weighted by molar-refractivity contribution is 5.63. The monoisotopic (exact) mass is 399 g/mol. The molecule has 2 aromatic carbocycles. The van der Waals surface area contributed by atoms with Crippen LogP contribution in [0.25, 0.3) is 11.4 Å². The van der Waals surface area contributed by atoms with E-state index in [9.17, 15) is 8.78 Å². The van der Waals surface area contributed by atoms with Gasteiger partial charge in [-0.2, -0.15) is 13.8 Å². The van der Waals surface area contributed by atoms with Crippen molar-refractivity contribution >= 4 is 0 Å². The first-order chi connectivity index (χ1) is 14.2. The number of hydrogen-bond acceptors (Lipinski definition) is 5. The molecule has 0 amide bonds. The van der Waals surface area contributed by atoms with Crippen molar-refractivity contribution in [3.8, 4) is 17.1 Å². The number of ether oxygens (including phenoxy) is 1. The van der Waals surface area contributed by atoms with Crippen LogP contribution in [0.15, 0.2) is 59.1 Å². The second-order valence-corrected chi connectivity index (χ2v) is 7.18. The van der Waals surface area contributed by atoms with E-state index in [1.54, 1.807) is 18.2 Å². The molecule has 1 aromatic heterocycles. The van der Waals surface area contributed by atoms with Crippen molar-refractivity contribution in [2.75, 3.05) is 6.54 Å². The maximum Gasteiger partial charge on any atom is 0.387 e. The van der Waals surface area contributed by atoms with E-state index in [1.807, 2.05) is 6.07 Å². The molecule has 0 N–H and O–H groups in total. The van der Waals surface area contributed by atoms with E-state index in [1.165, 1.54) is 11.6 Å². The number of para-hydroxylation sites is 1. The molecule has 152 valence electrons. The summed E-state index contributed by atoms with van der Waals surface area (Å²) in [5.74, 6) is 0.784. The number of nitrogens with zero attached hydrogens (tertiary/aromatic N) is 3. The zero-order valence-electron chi connectivity index (χ0n) is 16.0. The van der Waals surface area contributed by atoms with Gasteiger partial charge in [0.2, 0.25) is 11.7 Å². The highest BCUT2D eigenvalue weighted by Gasteiger charge is 2.26. The summed E-state index contributed by atoms with van der Waals surface area (Å²) >= 11 is 0. The molecule has 5 nitrogen and oxygen atoms in total. The molecule has 0 saturated carbocycles. The summed E-state index contributed by atoms with van der Waals surface area (Å²) in [5, 5.41) is 3.98. The maximum absolute atomic E-state index is 12.6. The van der Waals surface area contributed by atoms with E-state index >= 15 is 0 Å². The molecule has 4 rings (SSSR count). The Morgan fingerprint density at radius 2 is 1.90 bits per heavy atom. The van der Waals surface area contributed by atoms with Gasteiger partial charge in [0.15, 0.2) is 0 Å². The van der Waals surface area contributed by atoms with Crippen molar-refractivity contribution in [1.82, 2.24) is 15.0 Å². The summed E-state index contributed by atoms with van der Waals surface area (Å²) in [6.45, 7) is -1.36. The van der Waals surface area contributed by atoms with Crippen LogP contribution in [0.3, 0.4) is 0 Å². The van der Waals surface area contributed by atoms with Crippen molar-refractivity contribution in [2.45, 2.75) is 44.9 Å². The van der Waals surface area contributed by atoms with Gasteiger partial charge in [-0.1, -0.05) is 47.6 Å². The van der Waals surface area contributed by atoms with Gasteiger partial charge in [-0.25, -0.2) is 0 Å². The molecule has 1 atom stereocenters. The van der Waals surface area contributed by atoms with Gasteiger partial charge in [0.1, 0.15) is 5.75 Å². The summed E-state index contributed by atoms with van der Waals surface area (Å²) in [6.07, 6.45) is 4.41. The molecular weight excluding hydrogens is 376 g/mol. The van der Waals surface area contributed by atoms with Gasteiger partial charge in [0.25, 0.3) is 0 Å². The second kappa shape index (κ2) is 9.13. The van der Waals surface area contributed by atoms with Gasteiger partial charge in [0, 0.05) is 6.04 Å². The molecule has 3 aromatic rings. The first-order valence-corrected chi connectivity index (χ1v) is 9.84. The summed E-state index contributed by atoms with van der Waals surface area (Å²) in [7, 11) is 0. The van der Waals surface area contributed by atoms with E-state index in [4.69, 9.17) is 4.52 Å². The van der Waals surface area contributed by atoms with Crippen molar-refractivity contribution in [3.63, 3.8) is 0 Å². The van der Waals surface area contributed by atoms with Crippen LogP contribution in [-0.4, -0.2) is 34.2 Å². The Labute approximate surface area is 168 Å². The summed E-state index contributed by atoms with van der Waals surface area (Å²) in [6, 6.07) is 17.4. The van der Waals surface area contributed by atoms with Crippen LogP contribution >= 0.6 is 0 Å². The molecule has 7 heteroatoms. The summed E-state index contributed by atoms with van der Waals surface area (Å²) in [4.78, 5) is 6.78. The van der Waals surface area contributed by atoms with Gasteiger partial charge in [-0.15, -0.1) is 0 Å². The molecule has 1 saturated heterocycles. The second-order valence-electron chi connectivity index (χ2n) is 7.18. The highest BCUT2D eigenvalue weighted by atomic mass is 19.3. The number of benzene rings is 2. The molecule has 0 aliphatic carbocycles. The maximum atomic E-state index is 12.6. The minimum Gasteiger partial charge on any atom is -0.434 e. The van der Waals surface area contributed by atoms with E-state index in [0.717, 1.165) is 32.2 Å². The lowest BCUT2D eigenvalue weighted by Crippen LogP contribution is -2.29. The average Bonchev–Trinajstić information content (AvgIpc) is 3.37. The number of aryl methyl sites for hydroxylation is 1. The Balaban J connectivity index is 1.41. The molecular formula is C22H23F2N3O2. The SMILES string of the molecule is FC(F)Oc1ccccc1-c1noc(CN2CCCC2CCc2ccccc2)n1. The first kappa shape index (κ1) is 19.5. The quantitative estimate of drug-likeness (QED) is 0.537. The topological polar surface area (TPSA) is 51.4 Å². The fourth-order valence-electron chi connectivity index (χ4n) is 3.86. The van der Waals surface area contributed by atoms with E-state index in [0.29, 0.717) is 24.0 Å². The lowest BCUT2D eigenvalue weighted by molar-refractivity contribution is -0.0494. The molecule has 1 aliphatic heterocycles. The smallest absolute Gasteiger partial charge is 0.387 e. The third-order valence-corrected chi connectivity index (χ3v) is 5.26. The highest BCUT2D eigenvalue weighted by Crippen LogP contribution is 2.30. The average molecular weight is 399 g/mol. The van der Waals surface area contributed by atoms with Crippen molar-refractivity contribution in [1.29, 1.82) is 0 Å². The summed E-state index contributed by atoms with van der Waals surface area (Å²) < 4.78 is 35.2. The number of halogens is 2. The number of hydrogen-bond donors (Lipinski definition) is 0. The molecule has 2 heterocycles. The third kappa shape index (κ3) is 4.98. The molecule has 29 heavy (non-hydrogen) atoms. The molecule has 0 radical (unpaired) electrons. The Morgan fingerprint density at radius 1 is 1.10 bits per heavy atom. The number of rotatable bonds is 8. The number of aromatic nitrogens is 2. The predicted octanol–water partition coefficient (Wildman–Crippen LogP) is 4.94. The predicted molar refractivity (Wildman–Crippen MR) is 105 cm³/mol. The molecule has 1 unspecified atom stereocenters. The van der Waals surface area contributed by atoms with Crippen molar-refractivity contribution in [2.24, 2.45) is 0 Å². The minimum atomic E-state index is -2.91. The van der Waals surface area contributed by atoms with E-state index in [-0.39, 0.29) is 11.6 Å². The van der Waals surface area contributed by atoms with Gasteiger partial charge >= 0.3 is 6.61 Å². The van der Waals surface area contributed by atoms with Gasteiger partial charge in [0.05, 0.1) is 12.1 Å². The number of likely N-dealkylation sites (tertiary alicyclic amines) is 1. The zero-order valence-corrected chi connectivity index (χ0v) is 16.0. The minimum absolute atomic E-state index is 0.0387. The molecule has 1 aliphatic rings. The van der Waals surface area contributed by atoms with Crippen molar-refractivity contribution < 1.29 is 18.0 Å². The Bertz CT molecular complexity index is 917.